The molecule has 0 unspecified atom stereocenters. The molecule has 0 saturated heterocycles. The predicted octanol–water partition coefficient (Wildman–Crippen LogP) is 2.21. The summed E-state index contributed by atoms with van der Waals surface area (Å²) in [5.41, 5.74) is 1.03. The van der Waals surface area contributed by atoms with Gasteiger partial charge < -0.3 is 10.4 Å². The molecular weight excluding hydrogens is 316 g/mol. The molecule has 2 rings (SSSR count). The first-order chi connectivity index (χ1) is 9.88. The van der Waals surface area contributed by atoms with E-state index >= 15 is 0 Å². The number of hydrogen-bond acceptors (Lipinski definition) is 4. The van der Waals surface area contributed by atoms with E-state index in [1.54, 1.807) is 12.3 Å². The Morgan fingerprint density at radius 2 is 2.14 bits per heavy atom. The molecule has 1 aromatic heterocycles. The van der Waals surface area contributed by atoms with Gasteiger partial charge in [0.05, 0.1) is 16.3 Å². The highest BCUT2D eigenvalue weighted by atomic mass is 35.5. The number of aromatic carboxylic acids is 1. The van der Waals surface area contributed by atoms with E-state index < -0.39 is 11.9 Å². The Balaban J connectivity index is 2.13. The Labute approximate surface area is 128 Å². The van der Waals surface area contributed by atoms with Crippen molar-refractivity contribution in [2.24, 2.45) is 0 Å². The summed E-state index contributed by atoms with van der Waals surface area (Å²) in [6, 6.07) is 4.00. The van der Waals surface area contributed by atoms with Crippen molar-refractivity contribution in [3.63, 3.8) is 0 Å². The molecule has 21 heavy (non-hydrogen) atoms. The van der Waals surface area contributed by atoms with Crippen molar-refractivity contribution in [2.45, 2.75) is 13.5 Å². The van der Waals surface area contributed by atoms with E-state index in [-0.39, 0.29) is 22.0 Å². The summed E-state index contributed by atoms with van der Waals surface area (Å²) < 4.78 is 1.35. The van der Waals surface area contributed by atoms with Crippen LogP contribution in [0.2, 0.25) is 5.02 Å². The molecular formula is C13H11ClN2O4S. The van der Waals surface area contributed by atoms with E-state index in [1.807, 2.05) is 0 Å². The van der Waals surface area contributed by atoms with Gasteiger partial charge in [-0.3, -0.25) is 14.2 Å². The quantitative estimate of drug-likeness (QED) is 0.901. The summed E-state index contributed by atoms with van der Waals surface area (Å²) >= 11 is 6.94. The van der Waals surface area contributed by atoms with Crippen LogP contribution in [0.1, 0.15) is 16.1 Å². The number of hydrogen-bond donors (Lipinski definition) is 2. The number of carbonyl (C=O) groups is 2. The standard InChI is InChI=1S/C13H11ClN2O4S/c1-7-6-21-13(20)16(7)5-11(17)15-10-3-2-8(12(18)19)4-9(10)14/h2-4,6H,5H2,1H3,(H,15,17)(H,18,19). The van der Waals surface area contributed by atoms with Crippen LogP contribution in [0.5, 0.6) is 0 Å². The zero-order valence-electron chi connectivity index (χ0n) is 10.9. The molecule has 8 heteroatoms. The lowest BCUT2D eigenvalue weighted by Crippen LogP contribution is -2.25. The van der Waals surface area contributed by atoms with Gasteiger partial charge in [0, 0.05) is 11.1 Å². The van der Waals surface area contributed by atoms with Crippen molar-refractivity contribution in [1.82, 2.24) is 4.57 Å². The number of carboxylic acid groups (broad SMARTS) is 1. The number of amides is 1. The maximum Gasteiger partial charge on any atom is 0.335 e. The molecule has 0 saturated carbocycles. The highest BCUT2D eigenvalue weighted by Crippen LogP contribution is 2.23. The number of benzene rings is 1. The van der Waals surface area contributed by atoms with Gasteiger partial charge >= 0.3 is 10.8 Å². The van der Waals surface area contributed by atoms with Crippen LogP contribution in [-0.4, -0.2) is 21.6 Å². The second-order valence-corrected chi connectivity index (χ2v) is 5.50. The number of anilines is 1. The van der Waals surface area contributed by atoms with Crippen molar-refractivity contribution in [3.05, 3.63) is 49.5 Å². The number of aryl methyl sites for hydroxylation is 1. The minimum atomic E-state index is -1.10. The third kappa shape index (κ3) is 3.50. The number of carboxylic acids is 1. The summed E-state index contributed by atoms with van der Waals surface area (Å²) in [7, 11) is 0. The first kappa shape index (κ1) is 15.3. The molecule has 0 radical (unpaired) electrons. The van der Waals surface area contributed by atoms with E-state index in [2.05, 4.69) is 5.32 Å². The van der Waals surface area contributed by atoms with E-state index in [9.17, 15) is 14.4 Å². The van der Waals surface area contributed by atoms with Crippen LogP contribution >= 0.6 is 22.9 Å². The molecule has 2 aromatic rings. The van der Waals surface area contributed by atoms with Crippen LogP contribution in [-0.2, 0) is 11.3 Å². The maximum absolute atomic E-state index is 11.9. The number of aromatic nitrogens is 1. The molecule has 0 aliphatic carbocycles. The number of carbonyl (C=O) groups excluding carboxylic acids is 1. The van der Waals surface area contributed by atoms with E-state index in [1.165, 1.54) is 22.8 Å². The Morgan fingerprint density at radius 3 is 2.67 bits per heavy atom. The lowest BCUT2D eigenvalue weighted by molar-refractivity contribution is -0.116. The van der Waals surface area contributed by atoms with Gasteiger partial charge in [-0.2, -0.15) is 0 Å². The van der Waals surface area contributed by atoms with Gasteiger partial charge in [-0.1, -0.05) is 22.9 Å². The average molecular weight is 327 g/mol. The third-order valence-corrected chi connectivity index (χ3v) is 3.96. The second kappa shape index (κ2) is 6.11. The zero-order valence-corrected chi connectivity index (χ0v) is 12.5. The van der Waals surface area contributed by atoms with E-state index in [4.69, 9.17) is 16.7 Å². The SMILES string of the molecule is Cc1csc(=O)n1CC(=O)Nc1ccc(C(=O)O)cc1Cl. The first-order valence-electron chi connectivity index (χ1n) is 5.86. The van der Waals surface area contributed by atoms with Gasteiger partial charge in [0.2, 0.25) is 5.91 Å². The van der Waals surface area contributed by atoms with Crippen LogP contribution in [0.25, 0.3) is 0 Å². The normalized spacial score (nSPS) is 10.4. The molecule has 1 aromatic carbocycles. The molecule has 0 bridgehead atoms. The van der Waals surface area contributed by atoms with Crippen molar-refractivity contribution >= 4 is 40.5 Å². The monoisotopic (exact) mass is 326 g/mol. The van der Waals surface area contributed by atoms with Crippen LogP contribution < -0.4 is 10.2 Å². The van der Waals surface area contributed by atoms with Gasteiger partial charge in [0.25, 0.3) is 0 Å². The van der Waals surface area contributed by atoms with Crippen molar-refractivity contribution in [3.8, 4) is 0 Å². The molecule has 6 nitrogen and oxygen atoms in total. The highest BCUT2D eigenvalue weighted by molar-refractivity contribution is 7.07. The summed E-state index contributed by atoms with van der Waals surface area (Å²) in [6.07, 6.45) is 0. The van der Waals surface area contributed by atoms with Gasteiger partial charge in [-0.25, -0.2) is 4.79 Å². The topological polar surface area (TPSA) is 88.4 Å². The third-order valence-electron chi connectivity index (χ3n) is 2.77. The van der Waals surface area contributed by atoms with Crippen molar-refractivity contribution < 1.29 is 14.7 Å². The smallest absolute Gasteiger partial charge is 0.335 e. The second-order valence-electron chi connectivity index (χ2n) is 4.28. The predicted molar refractivity (Wildman–Crippen MR) is 80.4 cm³/mol. The number of halogens is 1. The average Bonchev–Trinajstić information content (AvgIpc) is 2.72. The largest absolute Gasteiger partial charge is 0.478 e. The van der Waals surface area contributed by atoms with Crippen LogP contribution in [0.15, 0.2) is 28.4 Å². The van der Waals surface area contributed by atoms with Gasteiger partial charge in [0.1, 0.15) is 6.54 Å². The maximum atomic E-state index is 11.9. The molecule has 110 valence electrons. The molecule has 1 amide bonds. The van der Waals surface area contributed by atoms with Gasteiger partial charge in [0.15, 0.2) is 0 Å². The summed E-state index contributed by atoms with van der Waals surface area (Å²) in [5.74, 6) is -1.51. The molecule has 0 aliphatic heterocycles. The van der Waals surface area contributed by atoms with E-state index in [0.29, 0.717) is 11.4 Å². The van der Waals surface area contributed by atoms with Crippen molar-refractivity contribution in [1.29, 1.82) is 0 Å². The lowest BCUT2D eigenvalue weighted by Gasteiger charge is -2.09. The fourth-order valence-electron chi connectivity index (χ4n) is 1.68. The minimum Gasteiger partial charge on any atom is -0.478 e. The molecule has 0 atom stereocenters. The Bertz CT molecular complexity index is 766. The number of rotatable bonds is 4. The summed E-state index contributed by atoms with van der Waals surface area (Å²) in [4.78, 5) is 34.0. The molecule has 1 heterocycles. The number of nitrogens with zero attached hydrogens (tertiary/aromatic N) is 1. The summed E-state index contributed by atoms with van der Waals surface area (Å²) in [6.45, 7) is 1.62. The Hall–Kier alpha value is -2.12. The molecule has 0 fully saturated rings. The van der Waals surface area contributed by atoms with Crippen molar-refractivity contribution in [2.75, 3.05) is 5.32 Å². The fourth-order valence-corrected chi connectivity index (χ4v) is 2.64. The number of thiazole rings is 1. The first-order valence-corrected chi connectivity index (χ1v) is 7.12. The minimum absolute atomic E-state index is 0.0305. The zero-order chi connectivity index (χ0) is 15.6. The van der Waals surface area contributed by atoms with E-state index in [0.717, 1.165) is 11.3 Å². The van der Waals surface area contributed by atoms with Crippen LogP contribution in [0, 0.1) is 6.92 Å². The van der Waals surface area contributed by atoms with Crippen LogP contribution in [0.4, 0.5) is 5.69 Å². The van der Waals surface area contributed by atoms with Gasteiger partial charge in [-0.05, 0) is 25.1 Å². The lowest BCUT2D eigenvalue weighted by atomic mass is 10.2. The number of nitrogens with one attached hydrogen (secondary N) is 1. The molecule has 0 aliphatic rings. The summed E-state index contributed by atoms with van der Waals surface area (Å²) in [5, 5.41) is 13.2. The Morgan fingerprint density at radius 1 is 1.43 bits per heavy atom. The molecule has 0 spiro atoms. The highest BCUT2D eigenvalue weighted by Gasteiger charge is 2.12. The molecule has 2 N–H and O–H groups in total. The fraction of sp³-hybridized carbons (Fsp3) is 0.154. The van der Waals surface area contributed by atoms with Crippen LogP contribution in [0.3, 0.4) is 0 Å². The van der Waals surface area contributed by atoms with Gasteiger partial charge in [-0.15, -0.1) is 0 Å². The Kier molecular flexibility index (Phi) is 4.44.